The summed E-state index contributed by atoms with van der Waals surface area (Å²) in [5.41, 5.74) is 0.266. The van der Waals surface area contributed by atoms with Crippen LogP contribution >= 0.6 is 0 Å². The number of para-hydroxylation sites is 1. The Hall–Kier alpha value is -0.310. The van der Waals surface area contributed by atoms with Gasteiger partial charge in [0.1, 0.15) is 0 Å². The number of carbonyl (C=O) groups is 1. The number of rotatable bonds is 1. The minimum atomic E-state index is -0.199. The van der Waals surface area contributed by atoms with E-state index in [0.717, 1.165) is 0 Å². The van der Waals surface area contributed by atoms with Crippen molar-refractivity contribution in [1.29, 1.82) is 0 Å². The Balaban J connectivity index is 0.000001000. The van der Waals surface area contributed by atoms with Crippen molar-refractivity contribution in [3.63, 3.8) is 0 Å². The van der Waals surface area contributed by atoms with E-state index in [4.69, 9.17) is 0 Å². The summed E-state index contributed by atoms with van der Waals surface area (Å²) in [6.45, 7) is 1.39. The Kier molecular flexibility index (Phi) is 4.42. The molecule has 0 saturated heterocycles. The summed E-state index contributed by atoms with van der Waals surface area (Å²) in [5, 5.41) is 10.8. The van der Waals surface area contributed by atoms with Gasteiger partial charge in [0.05, 0.1) is 0 Å². The zero-order valence-electron chi connectivity index (χ0n) is 6.63. The van der Waals surface area contributed by atoms with Crippen molar-refractivity contribution in [1.82, 2.24) is 0 Å². The molecule has 0 radical (unpaired) electrons. The smallest absolute Gasteiger partial charge is 0.872 e. The van der Waals surface area contributed by atoms with Gasteiger partial charge in [-0.25, -0.2) is 0 Å². The molecule has 1 aromatic rings. The molecule has 0 N–H and O–H groups in total. The minimum absolute atomic E-state index is 0. The molecule has 11 heavy (non-hydrogen) atoms. The van der Waals surface area contributed by atoms with E-state index in [1.807, 2.05) is 0 Å². The fourth-order valence-electron chi connectivity index (χ4n) is 0.757. The van der Waals surface area contributed by atoms with Crippen molar-refractivity contribution < 1.29 is 39.5 Å². The average molecular weight is 158 g/mol. The molecule has 0 aliphatic carbocycles. The van der Waals surface area contributed by atoms with Gasteiger partial charge in [0.25, 0.3) is 0 Å². The van der Waals surface area contributed by atoms with Crippen LogP contribution in [-0.4, -0.2) is 5.78 Å². The zero-order valence-corrected chi connectivity index (χ0v) is 8.63. The van der Waals surface area contributed by atoms with E-state index >= 15 is 0 Å². The van der Waals surface area contributed by atoms with Crippen LogP contribution in [0.1, 0.15) is 17.3 Å². The molecule has 1 aromatic carbocycles. The molecule has 0 saturated carbocycles. The summed E-state index contributed by atoms with van der Waals surface area (Å²) in [7, 11) is 0. The number of ketones is 1. The maximum atomic E-state index is 10.8. The Bertz CT molecular complexity index is 258. The second kappa shape index (κ2) is 4.54. The first-order chi connectivity index (χ1) is 4.72. The molecule has 2 nitrogen and oxygen atoms in total. The van der Waals surface area contributed by atoms with Crippen molar-refractivity contribution in [2.75, 3.05) is 0 Å². The van der Waals surface area contributed by atoms with Crippen LogP contribution in [0.5, 0.6) is 5.75 Å². The Labute approximate surface area is 87.5 Å². The van der Waals surface area contributed by atoms with E-state index < -0.39 is 0 Å². The van der Waals surface area contributed by atoms with Crippen molar-refractivity contribution in [3.05, 3.63) is 29.8 Å². The molecular formula is C8H7NaO2. The summed E-state index contributed by atoms with van der Waals surface area (Å²) in [6, 6.07) is 6.22. The van der Waals surface area contributed by atoms with Gasteiger partial charge in [-0.1, -0.05) is 30.0 Å². The van der Waals surface area contributed by atoms with Gasteiger partial charge in [-0.3, -0.25) is 4.79 Å². The predicted molar refractivity (Wildman–Crippen MR) is 35.9 cm³/mol. The molecule has 1 rings (SSSR count). The molecule has 0 aliphatic heterocycles. The monoisotopic (exact) mass is 158 g/mol. The van der Waals surface area contributed by atoms with E-state index in [2.05, 4.69) is 0 Å². The molecule has 0 fully saturated rings. The molecule has 0 bridgehead atoms. The van der Waals surface area contributed by atoms with Crippen molar-refractivity contribution >= 4 is 5.78 Å². The van der Waals surface area contributed by atoms with Gasteiger partial charge in [0, 0.05) is 5.56 Å². The fourth-order valence-corrected chi connectivity index (χ4v) is 0.757. The maximum Gasteiger partial charge on any atom is 1.00 e. The Morgan fingerprint density at radius 3 is 2.27 bits per heavy atom. The molecular weight excluding hydrogens is 151 g/mol. The third-order valence-corrected chi connectivity index (χ3v) is 1.27. The van der Waals surface area contributed by atoms with Gasteiger partial charge in [-0.05, 0) is 6.92 Å². The molecule has 0 amide bonds. The molecule has 0 unspecified atom stereocenters. The van der Waals surface area contributed by atoms with Crippen LogP contribution in [0.2, 0.25) is 0 Å². The van der Waals surface area contributed by atoms with Crippen molar-refractivity contribution in [3.8, 4) is 5.75 Å². The predicted octanol–water partition coefficient (Wildman–Crippen LogP) is -2.03. The summed E-state index contributed by atoms with van der Waals surface area (Å²) >= 11 is 0. The van der Waals surface area contributed by atoms with E-state index in [-0.39, 0.29) is 46.7 Å². The maximum absolute atomic E-state index is 10.8. The van der Waals surface area contributed by atoms with Crippen LogP contribution in [0.25, 0.3) is 0 Å². The van der Waals surface area contributed by atoms with Gasteiger partial charge in [-0.2, -0.15) is 0 Å². The van der Waals surface area contributed by atoms with Crippen LogP contribution in [0.15, 0.2) is 24.3 Å². The Morgan fingerprint density at radius 1 is 1.36 bits per heavy atom. The number of hydrogen-bond donors (Lipinski definition) is 0. The van der Waals surface area contributed by atoms with Crippen molar-refractivity contribution in [2.45, 2.75) is 6.92 Å². The summed E-state index contributed by atoms with van der Waals surface area (Å²) in [5.74, 6) is -0.374. The van der Waals surface area contributed by atoms with Crippen LogP contribution in [0.3, 0.4) is 0 Å². The number of benzene rings is 1. The van der Waals surface area contributed by atoms with Gasteiger partial charge < -0.3 is 5.11 Å². The normalized spacial score (nSPS) is 8.45. The van der Waals surface area contributed by atoms with Gasteiger partial charge in [-0.15, -0.1) is 0 Å². The molecule has 0 aliphatic rings. The van der Waals surface area contributed by atoms with E-state index in [9.17, 15) is 9.90 Å². The van der Waals surface area contributed by atoms with E-state index in [1.54, 1.807) is 12.1 Å². The quantitative estimate of drug-likeness (QED) is 0.349. The van der Waals surface area contributed by atoms with Crippen LogP contribution < -0.4 is 34.7 Å². The van der Waals surface area contributed by atoms with Gasteiger partial charge in [0.15, 0.2) is 5.78 Å². The summed E-state index contributed by atoms with van der Waals surface area (Å²) in [4.78, 5) is 10.7. The average Bonchev–Trinajstić information content (AvgIpc) is 1.88. The first-order valence-electron chi connectivity index (χ1n) is 2.99. The van der Waals surface area contributed by atoms with Crippen LogP contribution in [-0.2, 0) is 0 Å². The fraction of sp³-hybridized carbons (Fsp3) is 0.125. The first kappa shape index (κ1) is 10.7. The minimum Gasteiger partial charge on any atom is -0.872 e. The van der Waals surface area contributed by atoms with Crippen LogP contribution in [0, 0.1) is 0 Å². The van der Waals surface area contributed by atoms with Crippen molar-refractivity contribution in [2.24, 2.45) is 0 Å². The number of Topliss-reactive ketones (excluding diaryl/α,β-unsaturated/α-hetero) is 1. The molecule has 0 aromatic heterocycles. The Morgan fingerprint density at radius 2 is 1.91 bits per heavy atom. The second-order valence-corrected chi connectivity index (χ2v) is 2.05. The first-order valence-corrected chi connectivity index (χ1v) is 2.99. The third-order valence-electron chi connectivity index (χ3n) is 1.27. The molecule has 3 heteroatoms. The summed E-state index contributed by atoms with van der Waals surface area (Å²) in [6.07, 6.45) is 0. The second-order valence-electron chi connectivity index (χ2n) is 2.05. The molecule has 0 atom stereocenters. The summed E-state index contributed by atoms with van der Waals surface area (Å²) < 4.78 is 0. The van der Waals surface area contributed by atoms with E-state index in [1.165, 1.54) is 19.1 Å². The third kappa shape index (κ3) is 2.66. The number of carbonyl (C=O) groups excluding carboxylic acids is 1. The SMILES string of the molecule is CC(=O)c1ccccc1[O-].[Na+]. The molecule has 0 heterocycles. The zero-order chi connectivity index (χ0) is 7.56. The van der Waals surface area contributed by atoms with E-state index in [0.29, 0.717) is 0 Å². The van der Waals surface area contributed by atoms with Gasteiger partial charge >= 0.3 is 29.6 Å². The molecule has 0 spiro atoms. The van der Waals surface area contributed by atoms with Crippen LogP contribution in [0.4, 0.5) is 0 Å². The standard InChI is InChI=1S/C8H8O2.Na/c1-6(9)7-4-2-3-5-8(7)10;/h2-5,10H,1H3;/q;+1/p-1. The largest absolute Gasteiger partial charge is 1.00 e. The topological polar surface area (TPSA) is 40.1 Å². The molecule has 52 valence electrons. The van der Waals surface area contributed by atoms with Gasteiger partial charge in [0.2, 0.25) is 0 Å². The number of hydrogen-bond acceptors (Lipinski definition) is 2.